The molecule has 11 nitrogen and oxygen atoms in total. The number of aromatic nitrogens is 4. The van der Waals surface area contributed by atoms with Crippen molar-refractivity contribution in [1.29, 1.82) is 0 Å². The van der Waals surface area contributed by atoms with Crippen LogP contribution in [-0.4, -0.2) is 92.4 Å². The van der Waals surface area contributed by atoms with E-state index in [0.717, 1.165) is 85.9 Å². The van der Waals surface area contributed by atoms with Crippen LogP contribution in [0.4, 0.5) is 10.9 Å². The summed E-state index contributed by atoms with van der Waals surface area (Å²) in [5.41, 5.74) is 8.34. The summed E-state index contributed by atoms with van der Waals surface area (Å²) in [5.74, 6) is 1.15. The van der Waals surface area contributed by atoms with E-state index < -0.39 is 0 Å². The van der Waals surface area contributed by atoms with Crippen LogP contribution in [0, 0.1) is 6.92 Å². The molecule has 13 heteroatoms. The minimum atomic E-state index is -0.0199. The SMILES string of the molecule is CCNc1nnc(-c2cnc(N3CCN(C4CCN(C(=O)/C(CC)=C(N)/N=C(/Cl)CC)CC4)[C@@H](CC)C3)c(C)n2)s1. The Labute approximate surface area is 252 Å². The maximum absolute atomic E-state index is 13.3. The summed E-state index contributed by atoms with van der Waals surface area (Å²) in [7, 11) is 0. The second-order valence-corrected chi connectivity index (χ2v) is 11.8. The lowest BCUT2D eigenvalue weighted by atomic mass is 9.97. The van der Waals surface area contributed by atoms with Crippen LogP contribution in [0.1, 0.15) is 65.5 Å². The Morgan fingerprint density at radius 2 is 1.90 bits per heavy atom. The number of amides is 1. The first-order valence-corrected chi connectivity index (χ1v) is 15.9. The Bertz CT molecular complexity index is 1260. The third kappa shape index (κ3) is 7.34. The number of piperazine rings is 1. The summed E-state index contributed by atoms with van der Waals surface area (Å²) in [5, 5.41) is 13.6. The molecular formula is C28H43ClN10OS. The van der Waals surface area contributed by atoms with Gasteiger partial charge < -0.3 is 20.9 Å². The second-order valence-electron chi connectivity index (χ2n) is 10.4. The van der Waals surface area contributed by atoms with Gasteiger partial charge in [-0.05, 0) is 46.0 Å². The van der Waals surface area contributed by atoms with Crippen molar-refractivity contribution in [3.8, 4) is 10.7 Å². The van der Waals surface area contributed by atoms with Gasteiger partial charge in [0.25, 0.3) is 5.91 Å². The molecule has 0 aromatic carbocycles. The van der Waals surface area contributed by atoms with E-state index in [0.29, 0.717) is 35.7 Å². The molecule has 2 saturated heterocycles. The van der Waals surface area contributed by atoms with E-state index in [1.165, 1.54) is 11.3 Å². The van der Waals surface area contributed by atoms with Crippen LogP contribution in [0.3, 0.4) is 0 Å². The number of nitrogens with zero attached hydrogens (tertiary/aromatic N) is 8. The highest BCUT2D eigenvalue weighted by Gasteiger charge is 2.35. The minimum Gasteiger partial charge on any atom is -0.383 e. The van der Waals surface area contributed by atoms with Crippen LogP contribution in [0.2, 0.25) is 0 Å². The van der Waals surface area contributed by atoms with E-state index in [-0.39, 0.29) is 11.7 Å². The fraction of sp³-hybridized carbons (Fsp3) is 0.643. The molecule has 1 atom stereocenters. The summed E-state index contributed by atoms with van der Waals surface area (Å²) in [6, 6.07) is 0.859. The largest absolute Gasteiger partial charge is 0.383 e. The molecule has 3 N–H and O–H groups in total. The van der Waals surface area contributed by atoms with Crippen LogP contribution in [0.25, 0.3) is 10.7 Å². The van der Waals surface area contributed by atoms with Gasteiger partial charge in [0.1, 0.15) is 22.5 Å². The Morgan fingerprint density at radius 3 is 2.54 bits per heavy atom. The highest BCUT2D eigenvalue weighted by Crippen LogP contribution is 2.29. The van der Waals surface area contributed by atoms with Crippen molar-refractivity contribution in [3.05, 3.63) is 23.3 Å². The number of carbonyl (C=O) groups excluding carboxylic acids is 1. The van der Waals surface area contributed by atoms with Crippen molar-refractivity contribution < 1.29 is 4.79 Å². The molecule has 4 heterocycles. The number of hydrogen-bond donors (Lipinski definition) is 2. The molecule has 0 spiro atoms. The minimum absolute atomic E-state index is 0.0199. The van der Waals surface area contributed by atoms with Gasteiger partial charge in [-0.15, -0.1) is 10.2 Å². The molecule has 41 heavy (non-hydrogen) atoms. The maximum atomic E-state index is 13.3. The molecule has 1 amide bonds. The standard InChI is InChI=1S/C28H43ClN10OS/c1-6-19-17-38(25-18(5)33-22(16-32-25)26-35-36-28(41-26)31-9-4)14-15-39(19)20-10-12-37(13-11-20)27(40)21(7-2)24(30)34-23(29)8-3/h16,19-20H,6-15,17,30H2,1-5H3,(H,31,36)/b24-21+,34-23+/t19-/m0/s1. The predicted molar refractivity (Wildman–Crippen MR) is 168 cm³/mol. The lowest BCUT2D eigenvalue weighted by Gasteiger charge is -2.47. The topological polar surface area (TPSA) is 129 Å². The average Bonchev–Trinajstić information content (AvgIpc) is 3.46. The van der Waals surface area contributed by atoms with Crippen molar-refractivity contribution in [2.45, 2.75) is 78.8 Å². The Kier molecular flexibility index (Phi) is 10.9. The molecule has 0 unspecified atom stereocenters. The molecule has 224 valence electrons. The number of halogens is 1. The lowest BCUT2D eigenvalue weighted by Crippen LogP contribution is -2.59. The van der Waals surface area contributed by atoms with Gasteiger partial charge in [-0.25, -0.2) is 15.0 Å². The number of anilines is 2. The molecule has 0 saturated carbocycles. The summed E-state index contributed by atoms with van der Waals surface area (Å²) in [6.07, 6.45) is 5.87. The fourth-order valence-electron chi connectivity index (χ4n) is 5.65. The number of rotatable bonds is 10. The van der Waals surface area contributed by atoms with Crippen LogP contribution in [0.5, 0.6) is 0 Å². The normalized spacial score (nSPS) is 19.9. The van der Waals surface area contributed by atoms with Gasteiger partial charge in [-0.2, -0.15) is 0 Å². The van der Waals surface area contributed by atoms with E-state index in [2.05, 4.69) is 37.2 Å². The van der Waals surface area contributed by atoms with Crippen molar-refractivity contribution in [2.24, 2.45) is 10.7 Å². The fourth-order valence-corrected chi connectivity index (χ4v) is 6.51. The molecule has 2 aromatic heterocycles. The molecule has 0 bridgehead atoms. The molecule has 2 aliphatic heterocycles. The summed E-state index contributed by atoms with van der Waals surface area (Å²) < 4.78 is 0. The smallest absolute Gasteiger partial charge is 0.253 e. The zero-order valence-corrected chi connectivity index (χ0v) is 26.4. The third-order valence-corrected chi connectivity index (χ3v) is 9.12. The van der Waals surface area contributed by atoms with Crippen molar-refractivity contribution in [2.75, 3.05) is 49.5 Å². The van der Waals surface area contributed by atoms with Crippen molar-refractivity contribution >= 4 is 45.0 Å². The summed E-state index contributed by atoms with van der Waals surface area (Å²) in [6.45, 7) is 15.1. The van der Waals surface area contributed by atoms with Crippen LogP contribution >= 0.6 is 22.9 Å². The maximum Gasteiger partial charge on any atom is 0.253 e. The summed E-state index contributed by atoms with van der Waals surface area (Å²) >= 11 is 7.56. The quantitative estimate of drug-likeness (QED) is 0.303. The second kappa shape index (κ2) is 14.4. The first-order chi connectivity index (χ1) is 19.8. The number of carbonyl (C=O) groups is 1. The predicted octanol–water partition coefficient (Wildman–Crippen LogP) is 4.25. The zero-order chi connectivity index (χ0) is 29.5. The van der Waals surface area contributed by atoms with Crippen molar-refractivity contribution in [3.63, 3.8) is 0 Å². The first-order valence-electron chi connectivity index (χ1n) is 14.7. The monoisotopic (exact) mass is 602 g/mol. The zero-order valence-electron chi connectivity index (χ0n) is 24.9. The first kappa shape index (κ1) is 31.1. The van der Waals surface area contributed by atoms with Gasteiger partial charge in [-0.3, -0.25) is 9.69 Å². The highest BCUT2D eigenvalue weighted by molar-refractivity contribution is 7.18. The number of nitrogens with two attached hydrogens (primary N) is 1. The Balaban J connectivity index is 1.37. The number of likely N-dealkylation sites (tertiary alicyclic amines) is 1. The van der Waals surface area contributed by atoms with Crippen LogP contribution < -0.4 is 16.0 Å². The molecule has 0 radical (unpaired) electrons. The van der Waals surface area contributed by atoms with Crippen molar-refractivity contribution in [1.82, 2.24) is 30.0 Å². The molecule has 2 aliphatic rings. The van der Waals surface area contributed by atoms with Gasteiger partial charge in [0.05, 0.1) is 17.5 Å². The molecule has 2 aromatic rings. The van der Waals surface area contributed by atoms with E-state index in [1.807, 2.05) is 38.8 Å². The van der Waals surface area contributed by atoms with Gasteiger partial charge in [0.2, 0.25) is 5.13 Å². The number of aryl methyl sites for hydroxylation is 1. The highest BCUT2D eigenvalue weighted by atomic mass is 35.5. The summed E-state index contributed by atoms with van der Waals surface area (Å²) in [4.78, 5) is 34.1. The average molecular weight is 603 g/mol. The third-order valence-electron chi connectivity index (χ3n) is 7.87. The van der Waals surface area contributed by atoms with Gasteiger partial charge >= 0.3 is 0 Å². The molecular weight excluding hydrogens is 560 g/mol. The number of aliphatic imine (C=N–C) groups is 1. The van der Waals surface area contributed by atoms with Crippen LogP contribution in [0.15, 0.2) is 22.6 Å². The molecule has 2 fully saturated rings. The van der Waals surface area contributed by atoms with Gasteiger partial charge in [-0.1, -0.05) is 43.7 Å². The Hall–Kier alpha value is -2.83. The van der Waals surface area contributed by atoms with Crippen LogP contribution in [-0.2, 0) is 4.79 Å². The Morgan fingerprint density at radius 1 is 1.15 bits per heavy atom. The number of nitrogens with one attached hydrogen (secondary N) is 1. The molecule has 0 aliphatic carbocycles. The van der Waals surface area contributed by atoms with Gasteiger partial charge in [0, 0.05) is 51.4 Å². The van der Waals surface area contributed by atoms with E-state index in [4.69, 9.17) is 27.3 Å². The number of hydrogen-bond acceptors (Lipinski definition) is 11. The van der Waals surface area contributed by atoms with E-state index in [9.17, 15) is 4.79 Å². The lowest BCUT2D eigenvalue weighted by molar-refractivity contribution is -0.129. The van der Waals surface area contributed by atoms with E-state index in [1.54, 1.807) is 0 Å². The molecule has 4 rings (SSSR count). The van der Waals surface area contributed by atoms with E-state index >= 15 is 0 Å². The number of piperidine rings is 1. The van der Waals surface area contributed by atoms with Gasteiger partial charge in [0.15, 0.2) is 5.01 Å².